The van der Waals surface area contributed by atoms with Crippen LogP contribution in [0.25, 0.3) is 88.0 Å². The first kappa shape index (κ1) is 17.4. The number of hydrogen-bond donors (Lipinski definition) is 0. The molecule has 8 aromatic carbocycles. The standard InChI is InChI=1S/C44H28O/c1-3-13-29(14-4-1)31-23-25-34-35-26-24-32(28-42(35)45-41(34)27-31)43-37-19-9-11-21-39(37)44(40-22-12-10-20-38(40)43)36-18-8-7-17-33(36)30-15-5-2-6-16-30/h1-28H/i1D,2D,3D,4D,5D,6D,13D,14D,15D,16D. The number of hydrogen-bond acceptors (Lipinski definition) is 1. The predicted octanol–water partition coefficient (Wildman–Crippen LogP) is 12.6. The molecule has 0 bridgehead atoms. The fraction of sp³-hybridized carbons (Fsp3) is 0. The van der Waals surface area contributed by atoms with Crippen LogP contribution in [0, 0.1) is 0 Å². The smallest absolute Gasteiger partial charge is 0.136 e. The van der Waals surface area contributed by atoms with E-state index >= 15 is 0 Å². The van der Waals surface area contributed by atoms with Crippen molar-refractivity contribution in [3.8, 4) is 44.5 Å². The van der Waals surface area contributed by atoms with E-state index in [1.54, 1.807) is 18.2 Å². The molecule has 0 atom stereocenters. The molecule has 210 valence electrons. The third-order valence-electron chi connectivity index (χ3n) is 8.45. The molecule has 9 rings (SSSR count). The zero-order chi connectivity index (χ0) is 38.4. The highest BCUT2D eigenvalue weighted by Gasteiger charge is 2.19. The number of fused-ring (bicyclic) bond motifs is 5. The lowest BCUT2D eigenvalue weighted by atomic mass is 9.84. The first-order chi connectivity index (χ1) is 26.5. The van der Waals surface area contributed by atoms with Crippen molar-refractivity contribution >= 4 is 43.5 Å². The molecule has 0 saturated heterocycles. The maximum absolute atomic E-state index is 8.79. The largest absolute Gasteiger partial charge is 0.456 e. The van der Waals surface area contributed by atoms with Crippen molar-refractivity contribution in [1.29, 1.82) is 0 Å². The van der Waals surface area contributed by atoms with Crippen LogP contribution in [0.15, 0.2) is 174 Å². The minimum absolute atomic E-state index is 0.111. The first-order valence-electron chi connectivity index (χ1n) is 19.6. The maximum atomic E-state index is 8.79. The van der Waals surface area contributed by atoms with Crippen LogP contribution in [0.4, 0.5) is 0 Å². The second-order valence-electron chi connectivity index (χ2n) is 10.9. The molecule has 0 saturated carbocycles. The molecule has 1 aromatic heterocycles. The summed E-state index contributed by atoms with van der Waals surface area (Å²) in [5.41, 5.74) is 5.87. The van der Waals surface area contributed by atoms with E-state index in [9.17, 15) is 0 Å². The molecule has 0 aliphatic heterocycles. The summed E-state index contributed by atoms with van der Waals surface area (Å²) in [6, 6.07) is 31.4. The molecular formula is C44H28O. The maximum Gasteiger partial charge on any atom is 0.136 e. The SMILES string of the molecule is [2H]c1c([2H])c([2H])c(-c2ccc3c(c2)oc2cc(-c4c5ccccc5c(-c5ccccc5-c5c([2H])c([2H])c([2H])c([2H])c5[2H])c5ccccc45)ccc23)c([2H])c1[2H]. The van der Waals surface area contributed by atoms with Crippen molar-refractivity contribution in [3.63, 3.8) is 0 Å². The lowest BCUT2D eigenvalue weighted by Gasteiger charge is -2.19. The minimum Gasteiger partial charge on any atom is -0.456 e. The average Bonchev–Trinajstić information content (AvgIpc) is 3.57. The molecule has 0 fully saturated rings. The normalized spacial score (nSPS) is 14.7. The highest BCUT2D eigenvalue weighted by Crippen LogP contribution is 2.46. The van der Waals surface area contributed by atoms with E-state index in [0.29, 0.717) is 22.3 Å². The summed E-state index contributed by atoms with van der Waals surface area (Å²) in [5, 5.41) is 5.43. The lowest BCUT2D eigenvalue weighted by molar-refractivity contribution is 0.669. The molecule has 0 aliphatic carbocycles. The molecular weight excluding hydrogens is 544 g/mol. The molecule has 1 heteroatoms. The van der Waals surface area contributed by atoms with Gasteiger partial charge in [0.05, 0.1) is 13.7 Å². The van der Waals surface area contributed by atoms with Gasteiger partial charge in [-0.2, -0.15) is 0 Å². The quantitative estimate of drug-likeness (QED) is 0.188. The minimum atomic E-state index is -0.442. The Balaban J connectivity index is 1.27. The predicted molar refractivity (Wildman–Crippen MR) is 190 cm³/mol. The van der Waals surface area contributed by atoms with Crippen LogP contribution in [-0.2, 0) is 0 Å². The molecule has 1 heterocycles. The third kappa shape index (κ3) is 4.17. The Morgan fingerprint density at radius 1 is 0.356 bits per heavy atom. The van der Waals surface area contributed by atoms with Crippen LogP contribution in [0.2, 0.25) is 0 Å². The highest BCUT2D eigenvalue weighted by atomic mass is 16.3. The van der Waals surface area contributed by atoms with Gasteiger partial charge in [-0.3, -0.25) is 0 Å². The van der Waals surface area contributed by atoms with Crippen molar-refractivity contribution < 1.29 is 18.1 Å². The van der Waals surface area contributed by atoms with Crippen molar-refractivity contribution in [1.82, 2.24) is 0 Å². The summed E-state index contributed by atoms with van der Waals surface area (Å²) in [5.74, 6) is 0. The van der Waals surface area contributed by atoms with Crippen LogP contribution >= 0.6 is 0 Å². The van der Waals surface area contributed by atoms with Gasteiger partial charge in [-0.1, -0.05) is 145 Å². The molecule has 0 radical (unpaired) electrons. The molecule has 0 N–H and O–H groups in total. The molecule has 0 spiro atoms. The van der Waals surface area contributed by atoms with Crippen molar-refractivity contribution in [3.05, 3.63) is 170 Å². The Labute approximate surface area is 275 Å². The van der Waals surface area contributed by atoms with E-state index in [0.717, 1.165) is 54.6 Å². The summed E-state index contributed by atoms with van der Waals surface area (Å²) in [7, 11) is 0. The van der Waals surface area contributed by atoms with E-state index in [1.807, 2.05) is 72.8 Å². The van der Waals surface area contributed by atoms with Gasteiger partial charge in [0, 0.05) is 10.8 Å². The highest BCUT2D eigenvalue weighted by molar-refractivity contribution is 6.23. The second kappa shape index (κ2) is 10.4. The van der Waals surface area contributed by atoms with Gasteiger partial charge in [0.2, 0.25) is 0 Å². The van der Waals surface area contributed by atoms with E-state index in [-0.39, 0.29) is 47.4 Å². The number of rotatable bonds is 4. The summed E-state index contributed by atoms with van der Waals surface area (Å²) < 4.78 is 90.1. The Morgan fingerprint density at radius 2 is 0.822 bits per heavy atom. The fourth-order valence-electron chi connectivity index (χ4n) is 6.52. The average molecular weight is 583 g/mol. The molecule has 1 nitrogen and oxygen atoms in total. The summed E-state index contributed by atoms with van der Waals surface area (Å²) in [6.07, 6.45) is 0. The van der Waals surface area contributed by atoms with Crippen LogP contribution in [-0.4, -0.2) is 0 Å². The van der Waals surface area contributed by atoms with Gasteiger partial charge in [-0.15, -0.1) is 0 Å². The van der Waals surface area contributed by atoms with E-state index in [1.165, 1.54) is 0 Å². The summed E-state index contributed by atoms with van der Waals surface area (Å²) >= 11 is 0. The zero-order valence-electron chi connectivity index (χ0n) is 33.8. The van der Waals surface area contributed by atoms with E-state index in [2.05, 4.69) is 18.2 Å². The van der Waals surface area contributed by atoms with Gasteiger partial charge in [-0.25, -0.2) is 0 Å². The summed E-state index contributed by atoms with van der Waals surface area (Å²) in [6.45, 7) is 0. The number of furan rings is 1. The zero-order valence-corrected chi connectivity index (χ0v) is 23.8. The van der Waals surface area contributed by atoms with Gasteiger partial charge in [-0.05, 0) is 90.3 Å². The Bertz CT molecular complexity index is 3000. The lowest BCUT2D eigenvalue weighted by Crippen LogP contribution is -1.92. The summed E-state index contributed by atoms with van der Waals surface area (Å²) in [4.78, 5) is 0. The van der Waals surface area contributed by atoms with Crippen LogP contribution < -0.4 is 0 Å². The van der Waals surface area contributed by atoms with E-state index < -0.39 is 24.2 Å². The van der Waals surface area contributed by atoms with Gasteiger partial charge in [0.1, 0.15) is 11.2 Å². The fourth-order valence-corrected chi connectivity index (χ4v) is 6.52. The Hall–Kier alpha value is -5.92. The van der Waals surface area contributed by atoms with Gasteiger partial charge in [0.25, 0.3) is 0 Å². The van der Waals surface area contributed by atoms with E-state index in [4.69, 9.17) is 18.1 Å². The van der Waals surface area contributed by atoms with Gasteiger partial charge in [0.15, 0.2) is 0 Å². The van der Waals surface area contributed by atoms with Crippen molar-refractivity contribution in [2.24, 2.45) is 0 Å². The first-order valence-corrected chi connectivity index (χ1v) is 14.6. The molecule has 45 heavy (non-hydrogen) atoms. The monoisotopic (exact) mass is 582 g/mol. The second-order valence-corrected chi connectivity index (χ2v) is 10.9. The molecule has 9 aromatic rings. The van der Waals surface area contributed by atoms with Gasteiger partial charge < -0.3 is 4.42 Å². The van der Waals surface area contributed by atoms with Crippen molar-refractivity contribution in [2.75, 3.05) is 0 Å². The Morgan fingerprint density at radius 3 is 1.42 bits per heavy atom. The van der Waals surface area contributed by atoms with Crippen LogP contribution in [0.1, 0.15) is 13.7 Å². The number of benzene rings is 8. The molecule has 0 aliphatic rings. The van der Waals surface area contributed by atoms with Crippen molar-refractivity contribution in [2.45, 2.75) is 0 Å². The topological polar surface area (TPSA) is 13.1 Å². The van der Waals surface area contributed by atoms with Gasteiger partial charge >= 0.3 is 0 Å². The van der Waals surface area contributed by atoms with Crippen LogP contribution in [0.5, 0.6) is 0 Å². The molecule has 0 amide bonds. The Kier molecular flexibility index (Phi) is 4.01. The van der Waals surface area contributed by atoms with Crippen LogP contribution in [0.3, 0.4) is 0 Å². The third-order valence-corrected chi connectivity index (χ3v) is 8.45. The molecule has 0 unspecified atom stereocenters.